The standard InChI is InChI=1S/C23H27IN2O5/c24-19-11-7-10-18(14-19)15-20(22(28)29)26-21(27)12-5-2-6-13-25-23(30)31-16-17-8-3-1-4-9-17/h1,3-4,7-11,14,20H,2,5-6,12-13,15-16H2,(H,25,30)(H,26,27)(H,28,29)/t20-/m1/s1. The quantitative estimate of drug-likeness (QED) is 0.281. The molecule has 7 nitrogen and oxygen atoms in total. The van der Waals surface area contributed by atoms with Crippen LogP contribution in [0.3, 0.4) is 0 Å². The highest BCUT2D eigenvalue weighted by molar-refractivity contribution is 14.1. The number of amides is 2. The van der Waals surface area contributed by atoms with Crippen LogP contribution in [-0.2, 0) is 27.4 Å². The Balaban J connectivity index is 1.58. The van der Waals surface area contributed by atoms with E-state index >= 15 is 0 Å². The van der Waals surface area contributed by atoms with E-state index in [0.29, 0.717) is 19.4 Å². The summed E-state index contributed by atoms with van der Waals surface area (Å²) in [6.45, 7) is 0.680. The van der Waals surface area contributed by atoms with Crippen molar-refractivity contribution in [2.75, 3.05) is 6.54 Å². The van der Waals surface area contributed by atoms with Gasteiger partial charge in [0.25, 0.3) is 0 Å². The first-order chi connectivity index (χ1) is 14.9. The number of hydrogen-bond donors (Lipinski definition) is 3. The van der Waals surface area contributed by atoms with Gasteiger partial charge in [-0.3, -0.25) is 4.79 Å². The highest BCUT2D eigenvalue weighted by atomic mass is 127. The third-order valence-corrected chi connectivity index (χ3v) is 5.20. The van der Waals surface area contributed by atoms with E-state index in [1.165, 1.54) is 0 Å². The van der Waals surface area contributed by atoms with Crippen LogP contribution in [-0.4, -0.2) is 35.7 Å². The maximum atomic E-state index is 12.1. The number of nitrogens with one attached hydrogen (secondary N) is 2. The molecule has 0 unspecified atom stereocenters. The van der Waals surface area contributed by atoms with E-state index in [2.05, 4.69) is 33.2 Å². The number of benzene rings is 2. The molecule has 0 radical (unpaired) electrons. The molecule has 2 aromatic rings. The van der Waals surface area contributed by atoms with Gasteiger partial charge in [-0.1, -0.05) is 48.9 Å². The van der Waals surface area contributed by atoms with Gasteiger partial charge in [0.1, 0.15) is 12.6 Å². The van der Waals surface area contributed by atoms with Crippen LogP contribution < -0.4 is 10.6 Å². The number of carboxylic acids is 1. The number of rotatable bonds is 12. The number of hydrogen-bond acceptors (Lipinski definition) is 4. The van der Waals surface area contributed by atoms with E-state index in [1.807, 2.05) is 54.6 Å². The second-order valence-corrected chi connectivity index (χ2v) is 8.34. The number of carbonyl (C=O) groups is 3. The summed E-state index contributed by atoms with van der Waals surface area (Å²) in [7, 11) is 0. The van der Waals surface area contributed by atoms with Crippen LogP contribution in [0.25, 0.3) is 0 Å². The van der Waals surface area contributed by atoms with Crippen molar-refractivity contribution in [2.45, 2.75) is 44.8 Å². The fourth-order valence-electron chi connectivity index (χ4n) is 2.92. The molecular formula is C23H27IN2O5. The minimum Gasteiger partial charge on any atom is -0.480 e. The Morgan fingerprint density at radius 3 is 2.42 bits per heavy atom. The molecular weight excluding hydrogens is 511 g/mol. The zero-order valence-electron chi connectivity index (χ0n) is 17.2. The van der Waals surface area contributed by atoms with Gasteiger partial charge in [0.15, 0.2) is 0 Å². The Morgan fingerprint density at radius 1 is 0.968 bits per heavy atom. The summed E-state index contributed by atoms with van der Waals surface area (Å²) in [5.74, 6) is -1.33. The molecule has 0 aliphatic carbocycles. The Labute approximate surface area is 195 Å². The summed E-state index contributed by atoms with van der Waals surface area (Å²) in [6, 6.07) is 16.0. The van der Waals surface area contributed by atoms with Gasteiger partial charge < -0.3 is 20.5 Å². The van der Waals surface area contributed by atoms with Gasteiger partial charge in [-0.2, -0.15) is 0 Å². The third kappa shape index (κ3) is 10.3. The molecule has 0 heterocycles. The minimum atomic E-state index is -1.05. The molecule has 2 amide bonds. The van der Waals surface area contributed by atoms with Crippen molar-refractivity contribution >= 4 is 40.6 Å². The summed E-state index contributed by atoms with van der Waals surface area (Å²) in [5, 5.41) is 14.7. The van der Waals surface area contributed by atoms with Gasteiger partial charge >= 0.3 is 12.1 Å². The lowest BCUT2D eigenvalue weighted by Gasteiger charge is -2.15. The van der Waals surface area contributed by atoms with E-state index in [9.17, 15) is 19.5 Å². The van der Waals surface area contributed by atoms with Crippen LogP contribution in [0.1, 0.15) is 36.8 Å². The molecule has 0 spiro atoms. The lowest BCUT2D eigenvalue weighted by Crippen LogP contribution is -2.42. The normalized spacial score (nSPS) is 11.4. The maximum Gasteiger partial charge on any atom is 0.407 e. The first-order valence-electron chi connectivity index (χ1n) is 10.1. The Bertz CT molecular complexity index is 860. The van der Waals surface area contributed by atoms with Crippen LogP contribution >= 0.6 is 22.6 Å². The van der Waals surface area contributed by atoms with Crippen LogP contribution in [0, 0.1) is 3.57 Å². The van der Waals surface area contributed by atoms with Crippen molar-refractivity contribution in [3.05, 3.63) is 69.3 Å². The Hall–Kier alpha value is -2.62. The van der Waals surface area contributed by atoms with E-state index in [4.69, 9.17) is 4.74 Å². The van der Waals surface area contributed by atoms with E-state index in [-0.39, 0.29) is 25.4 Å². The molecule has 0 aromatic heterocycles. The molecule has 8 heteroatoms. The van der Waals surface area contributed by atoms with Crippen LogP contribution in [0.4, 0.5) is 4.79 Å². The van der Waals surface area contributed by atoms with Gasteiger partial charge in [-0.25, -0.2) is 9.59 Å². The second kappa shape index (κ2) is 13.6. The SMILES string of the molecule is O=C(CCCCCNC(=O)OCc1ccccc1)N[C@H](Cc1cccc(I)c1)C(=O)O. The van der Waals surface area contributed by atoms with Gasteiger partial charge in [-0.05, 0) is 58.7 Å². The number of halogens is 1. The van der Waals surface area contributed by atoms with E-state index in [1.54, 1.807) is 0 Å². The molecule has 2 rings (SSSR count). The summed E-state index contributed by atoms with van der Waals surface area (Å²) >= 11 is 2.17. The number of aliphatic carboxylic acids is 1. The number of alkyl carbamates (subject to hydrolysis) is 1. The van der Waals surface area contributed by atoms with Crippen LogP contribution in [0.2, 0.25) is 0 Å². The largest absolute Gasteiger partial charge is 0.480 e. The first kappa shape index (κ1) is 24.6. The lowest BCUT2D eigenvalue weighted by atomic mass is 10.1. The van der Waals surface area contributed by atoms with Crippen LogP contribution in [0.5, 0.6) is 0 Å². The molecule has 3 N–H and O–H groups in total. The lowest BCUT2D eigenvalue weighted by molar-refractivity contribution is -0.141. The van der Waals surface area contributed by atoms with Gasteiger partial charge in [0.2, 0.25) is 5.91 Å². The van der Waals surface area contributed by atoms with Crippen molar-refractivity contribution in [1.29, 1.82) is 0 Å². The Morgan fingerprint density at radius 2 is 1.71 bits per heavy atom. The van der Waals surface area contributed by atoms with Crippen molar-refractivity contribution in [3.8, 4) is 0 Å². The molecule has 0 saturated carbocycles. The molecule has 166 valence electrons. The summed E-state index contributed by atoms with van der Waals surface area (Å²) in [4.78, 5) is 35.2. The molecule has 31 heavy (non-hydrogen) atoms. The highest BCUT2D eigenvalue weighted by Gasteiger charge is 2.20. The van der Waals surface area contributed by atoms with E-state index in [0.717, 1.165) is 21.1 Å². The van der Waals surface area contributed by atoms with Gasteiger partial charge in [0, 0.05) is 23.0 Å². The highest BCUT2D eigenvalue weighted by Crippen LogP contribution is 2.10. The fraction of sp³-hybridized carbons (Fsp3) is 0.348. The molecule has 0 fully saturated rings. The summed E-state index contributed by atoms with van der Waals surface area (Å²) in [6.07, 6.45) is 2.07. The molecule has 0 saturated heterocycles. The summed E-state index contributed by atoms with van der Waals surface area (Å²) < 4.78 is 6.14. The number of carboxylic acid groups (broad SMARTS) is 1. The van der Waals surface area contributed by atoms with Crippen molar-refractivity contribution in [1.82, 2.24) is 10.6 Å². The monoisotopic (exact) mass is 538 g/mol. The average Bonchev–Trinajstić information content (AvgIpc) is 2.75. The topological polar surface area (TPSA) is 105 Å². The minimum absolute atomic E-state index is 0.222. The molecule has 2 aromatic carbocycles. The molecule has 1 atom stereocenters. The number of ether oxygens (including phenoxy) is 1. The number of unbranched alkanes of at least 4 members (excludes halogenated alkanes) is 2. The first-order valence-corrected chi connectivity index (χ1v) is 11.2. The second-order valence-electron chi connectivity index (χ2n) is 7.09. The van der Waals surface area contributed by atoms with Crippen LogP contribution in [0.15, 0.2) is 54.6 Å². The van der Waals surface area contributed by atoms with E-state index < -0.39 is 18.1 Å². The van der Waals surface area contributed by atoms with Gasteiger partial charge in [-0.15, -0.1) is 0 Å². The molecule has 0 aliphatic heterocycles. The molecule has 0 bridgehead atoms. The number of carbonyl (C=O) groups excluding carboxylic acids is 2. The average molecular weight is 538 g/mol. The molecule has 0 aliphatic rings. The predicted molar refractivity (Wildman–Crippen MR) is 126 cm³/mol. The zero-order chi connectivity index (χ0) is 22.5. The van der Waals surface area contributed by atoms with Crippen molar-refractivity contribution in [2.24, 2.45) is 0 Å². The van der Waals surface area contributed by atoms with Gasteiger partial charge in [0.05, 0.1) is 0 Å². The zero-order valence-corrected chi connectivity index (χ0v) is 19.3. The smallest absolute Gasteiger partial charge is 0.407 e. The van der Waals surface area contributed by atoms with Crippen molar-refractivity contribution < 1.29 is 24.2 Å². The summed E-state index contributed by atoms with van der Waals surface area (Å²) in [5.41, 5.74) is 1.79. The fourth-order valence-corrected chi connectivity index (χ4v) is 3.53. The predicted octanol–water partition coefficient (Wildman–Crippen LogP) is 3.89. The third-order valence-electron chi connectivity index (χ3n) is 4.52. The van der Waals surface area contributed by atoms with Crippen molar-refractivity contribution in [3.63, 3.8) is 0 Å². The Kier molecular flexibility index (Phi) is 10.8. The maximum absolute atomic E-state index is 12.1.